The van der Waals surface area contributed by atoms with E-state index in [4.69, 9.17) is 4.74 Å². The number of fused-ring (bicyclic) bond motifs is 1. The van der Waals surface area contributed by atoms with Crippen molar-refractivity contribution < 1.29 is 9.53 Å². The van der Waals surface area contributed by atoms with Crippen LogP contribution in [-0.4, -0.2) is 59.2 Å². The summed E-state index contributed by atoms with van der Waals surface area (Å²) in [6.45, 7) is 9.52. The Morgan fingerprint density at radius 3 is 2.62 bits per heavy atom. The van der Waals surface area contributed by atoms with Crippen molar-refractivity contribution in [1.29, 1.82) is 0 Å². The van der Waals surface area contributed by atoms with Crippen LogP contribution in [0.25, 0.3) is 0 Å². The molecule has 162 valence electrons. The van der Waals surface area contributed by atoms with Crippen LogP contribution < -0.4 is 5.32 Å². The second-order valence-electron chi connectivity index (χ2n) is 8.77. The van der Waals surface area contributed by atoms with E-state index in [0.717, 1.165) is 43.6 Å². The van der Waals surface area contributed by atoms with Crippen LogP contribution >= 0.6 is 0 Å². The van der Waals surface area contributed by atoms with Crippen molar-refractivity contribution in [3.05, 3.63) is 23.8 Å². The minimum absolute atomic E-state index is 0.0776. The molecule has 2 aliphatic carbocycles. The Kier molecular flexibility index (Phi) is 7.28. The summed E-state index contributed by atoms with van der Waals surface area (Å²) in [5, 5.41) is 3.39. The molecule has 29 heavy (non-hydrogen) atoms. The van der Waals surface area contributed by atoms with E-state index in [1.807, 2.05) is 38.2 Å². The lowest BCUT2D eigenvalue weighted by Crippen LogP contribution is -2.54. The number of ether oxygens (including phenoxy) is 1. The lowest BCUT2D eigenvalue weighted by molar-refractivity contribution is -0.136. The van der Waals surface area contributed by atoms with E-state index in [1.54, 1.807) is 0 Å². The average Bonchev–Trinajstić information content (AvgIpc) is 3.48. The highest BCUT2D eigenvalue weighted by Gasteiger charge is 2.59. The van der Waals surface area contributed by atoms with Gasteiger partial charge >= 0.3 is 0 Å². The van der Waals surface area contributed by atoms with Gasteiger partial charge in [-0.1, -0.05) is 13.8 Å². The van der Waals surface area contributed by atoms with Gasteiger partial charge in [0.2, 0.25) is 5.91 Å². The Labute approximate surface area is 175 Å². The number of nitrogens with one attached hydrogen (secondary N) is 1. The molecule has 1 heterocycles. The lowest BCUT2D eigenvalue weighted by atomic mass is 9.86. The normalized spacial score (nSPS) is 27.8. The molecule has 0 bridgehead atoms. The Balaban J connectivity index is 1.60. The molecule has 0 aromatic carbocycles. The van der Waals surface area contributed by atoms with Gasteiger partial charge in [0.1, 0.15) is 5.82 Å². The fourth-order valence-corrected chi connectivity index (χ4v) is 5.16. The molecular formula is C23H38N4O2. The zero-order valence-corrected chi connectivity index (χ0v) is 18.8. The molecule has 2 fully saturated rings. The fourth-order valence-electron chi connectivity index (χ4n) is 5.16. The molecule has 0 radical (unpaired) electrons. The van der Waals surface area contributed by atoms with Crippen LogP contribution in [0.3, 0.4) is 0 Å². The number of likely N-dealkylation sites (N-methyl/N-ethyl adjacent to an activating group) is 2. The van der Waals surface area contributed by atoms with E-state index >= 15 is 0 Å². The first-order chi connectivity index (χ1) is 14.0. The molecular weight excluding hydrogens is 364 g/mol. The van der Waals surface area contributed by atoms with E-state index in [0.29, 0.717) is 18.9 Å². The van der Waals surface area contributed by atoms with E-state index in [9.17, 15) is 4.79 Å². The monoisotopic (exact) mass is 402 g/mol. The van der Waals surface area contributed by atoms with E-state index in [-0.39, 0.29) is 29.5 Å². The summed E-state index contributed by atoms with van der Waals surface area (Å²) < 4.78 is 6.43. The maximum atomic E-state index is 12.5. The molecule has 2 saturated carbocycles. The highest BCUT2D eigenvalue weighted by molar-refractivity contribution is 5.76. The number of carbonyl (C=O) groups is 1. The third-order valence-corrected chi connectivity index (χ3v) is 7.06. The maximum Gasteiger partial charge on any atom is 0.222 e. The largest absolute Gasteiger partial charge is 0.376 e. The topological polar surface area (TPSA) is 67.4 Å². The van der Waals surface area contributed by atoms with Crippen molar-refractivity contribution in [2.24, 2.45) is 5.92 Å². The molecule has 1 N–H and O–H groups in total. The average molecular weight is 403 g/mol. The summed E-state index contributed by atoms with van der Waals surface area (Å²) >= 11 is 0. The van der Waals surface area contributed by atoms with Crippen molar-refractivity contribution >= 4 is 5.91 Å². The summed E-state index contributed by atoms with van der Waals surface area (Å²) in [6, 6.07) is 0.323. The Bertz CT molecular complexity index is 676. The van der Waals surface area contributed by atoms with Crippen molar-refractivity contribution in [3.8, 4) is 0 Å². The van der Waals surface area contributed by atoms with Gasteiger partial charge in [-0.25, -0.2) is 9.97 Å². The second-order valence-corrected chi connectivity index (χ2v) is 8.77. The summed E-state index contributed by atoms with van der Waals surface area (Å²) in [6.07, 6.45) is 10.1. The molecule has 6 heteroatoms. The van der Waals surface area contributed by atoms with Gasteiger partial charge in [0.25, 0.3) is 0 Å². The van der Waals surface area contributed by atoms with Gasteiger partial charge in [0, 0.05) is 36.8 Å². The highest BCUT2D eigenvalue weighted by Crippen LogP contribution is 2.61. The minimum atomic E-state index is 0.0776. The van der Waals surface area contributed by atoms with Gasteiger partial charge in [0.15, 0.2) is 0 Å². The first-order valence-corrected chi connectivity index (χ1v) is 11.4. The Morgan fingerprint density at radius 1 is 1.34 bits per heavy atom. The van der Waals surface area contributed by atoms with E-state index in [2.05, 4.69) is 29.1 Å². The second kappa shape index (κ2) is 9.52. The molecule has 1 aromatic rings. The third-order valence-electron chi connectivity index (χ3n) is 7.06. The van der Waals surface area contributed by atoms with Crippen LogP contribution in [0.5, 0.6) is 0 Å². The van der Waals surface area contributed by atoms with Gasteiger partial charge in [-0.2, -0.15) is 0 Å². The summed E-state index contributed by atoms with van der Waals surface area (Å²) in [5.41, 5.74) is 1.31. The summed E-state index contributed by atoms with van der Waals surface area (Å²) in [5.74, 6) is 1.86. The molecule has 2 aliphatic rings. The van der Waals surface area contributed by atoms with Crippen LogP contribution in [0.2, 0.25) is 0 Å². The number of rotatable bonds is 10. The predicted octanol–water partition coefficient (Wildman–Crippen LogP) is 3.24. The van der Waals surface area contributed by atoms with Crippen molar-refractivity contribution in [2.75, 3.05) is 20.2 Å². The van der Waals surface area contributed by atoms with Gasteiger partial charge < -0.3 is 15.0 Å². The zero-order chi connectivity index (χ0) is 21.0. The van der Waals surface area contributed by atoms with Crippen molar-refractivity contribution in [2.45, 2.75) is 89.8 Å². The van der Waals surface area contributed by atoms with Gasteiger partial charge in [-0.3, -0.25) is 4.79 Å². The number of carbonyl (C=O) groups excluding carboxylic acids is 1. The molecule has 0 spiro atoms. The van der Waals surface area contributed by atoms with Crippen molar-refractivity contribution in [3.63, 3.8) is 0 Å². The van der Waals surface area contributed by atoms with Crippen LogP contribution in [0.15, 0.2) is 12.4 Å². The van der Waals surface area contributed by atoms with Crippen LogP contribution in [0.1, 0.15) is 70.7 Å². The first kappa shape index (κ1) is 22.2. The number of hydrogen-bond acceptors (Lipinski definition) is 5. The minimum Gasteiger partial charge on any atom is -0.376 e. The first-order valence-electron chi connectivity index (χ1n) is 11.4. The summed E-state index contributed by atoms with van der Waals surface area (Å²) in [7, 11) is 1.98. The molecule has 6 nitrogen and oxygen atoms in total. The third kappa shape index (κ3) is 4.64. The summed E-state index contributed by atoms with van der Waals surface area (Å²) in [4.78, 5) is 23.7. The number of aromatic nitrogens is 2. The van der Waals surface area contributed by atoms with Crippen LogP contribution in [0.4, 0.5) is 0 Å². The number of hydrogen-bond donors (Lipinski definition) is 1. The maximum absolute atomic E-state index is 12.5. The van der Waals surface area contributed by atoms with Crippen LogP contribution in [-0.2, 0) is 14.9 Å². The SMILES string of the molecule is CCC(=O)N(CC)C(COC1CCC2(c3ncc(C)cn3)CC2C1)C(CC)NC. The molecule has 0 aliphatic heterocycles. The molecule has 0 saturated heterocycles. The molecule has 1 aromatic heterocycles. The fraction of sp³-hybridized carbons (Fsp3) is 0.783. The van der Waals surface area contributed by atoms with Gasteiger partial charge in [-0.05, 0) is 64.5 Å². The van der Waals surface area contributed by atoms with Crippen LogP contribution in [0, 0.1) is 12.8 Å². The highest BCUT2D eigenvalue weighted by atomic mass is 16.5. The lowest BCUT2D eigenvalue weighted by Gasteiger charge is -2.37. The molecule has 3 rings (SSSR count). The number of nitrogens with zero attached hydrogens (tertiary/aromatic N) is 3. The number of aryl methyl sites for hydroxylation is 1. The van der Waals surface area contributed by atoms with E-state index in [1.165, 1.54) is 6.42 Å². The molecule has 5 atom stereocenters. The van der Waals surface area contributed by atoms with Gasteiger partial charge in [0.05, 0.1) is 18.8 Å². The Hall–Kier alpha value is -1.53. The molecule has 5 unspecified atom stereocenters. The van der Waals surface area contributed by atoms with Crippen molar-refractivity contribution in [1.82, 2.24) is 20.2 Å². The zero-order valence-electron chi connectivity index (χ0n) is 18.8. The van der Waals surface area contributed by atoms with E-state index < -0.39 is 0 Å². The standard InChI is InChI=1S/C23H38N4O2/c1-6-19(24-5)20(27(8-3)21(28)7-2)15-29-18-9-10-23(12-17(23)11-18)22-25-13-16(4)14-26-22/h13-14,17-20,24H,6-12,15H2,1-5H3. The Morgan fingerprint density at radius 2 is 2.07 bits per heavy atom. The van der Waals surface area contributed by atoms with Gasteiger partial charge in [-0.15, -0.1) is 0 Å². The molecule has 1 amide bonds. The predicted molar refractivity (Wildman–Crippen MR) is 115 cm³/mol. The quantitative estimate of drug-likeness (QED) is 0.651. The smallest absolute Gasteiger partial charge is 0.222 e. The number of amides is 1.